The molecule has 2 aliphatic heterocycles. The largest absolute Gasteiger partial charge is 0.356 e. The van der Waals surface area contributed by atoms with Gasteiger partial charge in [0.25, 0.3) is 8.53 Å². The topological polar surface area (TPSA) is 75.5 Å². The molecule has 0 bridgehead atoms. The van der Waals surface area contributed by atoms with Gasteiger partial charge in [0.1, 0.15) is 6.61 Å². The van der Waals surface area contributed by atoms with E-state index in [9.17, 15) is 9.59 Å². The van der Waals surface area contributed by atoms with Crippen LogP contribution < -0.4 is 5.32 Å². The average Bonchev–Trinajstić information content (AvgIpc) is 3.49. The molecule has 2 amide bonds. The summed E-state index contributed by atoms with van der Waals surface area (Å²) >= 11 is 0. The zero-order valence-corrected chi connectivity index (χ0v) is 28.4. The van der Waals surface area contributed by atoms with Crippen molar-refractivity contribution in [1.29, 1.82) is 0 Å². The maximum atomic E-state index is 12.9. The van der Waals surface area contributed by atoms with Crippen molar-refractivity contribution >= 4 is 41.9 Å². The van der Waals surface area contributed by atoms with Crippen LogP contribution in [0.15, 0.2) is 0 Å². The third kappa shape index (κ3) is 14.6. The lowest BCUT2D eigenvalue weighted by atomic mass is 9.81. The number of nitrogens with zero attached hydrogens (tertiary/aromatic N) is 3. The Kier molecular flexibility index (Phi) is 17.4. The van der Waals surface area contributed by atoms with Crippen molar-refractivity contribution in [3.63, 3.8) is 0 Å². The van der Waals surface area contributed by atoms with Crippen molar-refractivity contribution in [3.05, 3.63) is 11.4 Å². The second kappa shape index (κ2) is 20.4. The number of piperidine rings is 1. The molecular weight excluding hydrogens is 575 g/mol. The summed E-state index contributed by atoms with van der Waals surface area (Å²) in [6, 6.07) is 0.475. The maximum absolute atomic E-state index is 12.9. The highest BCUT2D eigenvalue weighted by molar-refractivity contribution is 8.77. The molecule has 0 spiro atoms. The molecule has 11 heteroatoms. The third-order valence-corrected chi connectivity index (χ3v) is 12.7. The summed E-state index contributed by atoms with van der Waals surface area (Å²) in [5.41, 5.74) is -0.285. The summed E-state index contributed by atoms with van der Waals surface area (Å²) in [6.07, 6.45) is 9.96. The fourth-order valence-corrected chi connectivity index (χ4v) is 9.90. The molecule has 41 heavy (non-hydrogen) atoms. The SMILES string of the molecule is [3H]CC1(COP(OCC[N+]#[C-])N(C(C)C)C(C)C)CCN(C(=O)CCCCCNC(=O)CCCC[C@@H]2CCSS2)CC1. The van der Waals surface area contributed by atoms with Crippen molar-refractivity contribution in [3.8, 4) is 0 Å². The predicted octanol–water partition coefficient (Wildman–Crippen LogP) is 7.30. The minimum absolute atomic E-state index is 0.151. The van der Waals surface area contributed by atoms with Gasteiger partial charge in [-0.15, -0.1) is 0 Å². The highest BCUT2D eigenvalue weighted by Gasteiger charge is 2.35. The molecule has 2 heterocycles. The van der Waals surface area contributed by atoms with E-state index in [2.05, 4.69) is 42.5 Å². The van der Waals surface area contributed by atoms with Gasteiger partial charge in [0.15, 0.2) is 0 Å². The van der Waals surface area contributed by atoms with Crippen LogP contribution in [0.1, 0.15) is 107 Å². The molecule has 0 aliphatic carbocycles. The molecule has 1 unspecified atom stereocenters. The first-order valence-corrected chi connectivity index (χ1v) is 19.0. The van der Waals surface area contributed by atoms with Crippen LogP contribution >= 0.6 is 30.1 Å². The van der Waals surface area contributed by atoms with E-state index < -0.39 is 8.53 Å². The van der Waals surface area contributed by atoms with E-state index >= 15 is 0 Å². The van der Waals surface area contributed by atoms with E-state index in [1.807, 2.05) is 26.5 Å². The Balaban J connectivity index is 1.63. The molecule has 2 aliphatic rings. The Hall–Kier alpha value is -0.560. The van der Waals surface area contributed by atoms with E-state index in [1.165, 1.54) is 18.6 Å². The second-order valence-electron chi connectivity index (χ2n) is 11.9. The first kappa shape index (κ1) is 34.9. The van der Waals surface area contributed by atoms with E-state index in [-0.39, 0.29) is 36.2 Å². The molecule has 2 fully saturated rings. The van der Waals surface area contributed by atoms with E-state index in [0.717, 1.165) is 50.2 Å². The van der Waals surface area contributed by atoms with Crippen molar-refractivity contribution in [2.45, 2.75) is 123 Å². The van der Waals surface area contributed by atoms with Gasteiger partial charge in [0, 0.05) is 56.9 Å². The number of carbonyl (C=O) groups is 2. The smallest absolute Gasteiger partial charge is 0.259 e. The van der Waals surface area contributed by atoms with Crippen molar-refractivity contribution < 1.29 is 20.0 Å². The fourth-order valence-electron chi connectivity index (χ4n) is 5.15. The summed E-state index contributed by atoms with van der Waals surface area (Å²) in [4.78, 5) is 30.3. The highest BCUT2D eigenvalue weighted by atomic mass is 33.1. The van der Waals surface area contributed by atoms with Gasteiger partial charge in [0.2, 0.25) is 18.4 Å². The molecule has 0 aromatic heterocycles. The van der Waals surface area contributed by atoms with Gasteiger partial charge in [-0.05, 0) is 78.1 Å². The van der Waals surface area contributed by atoms with E-state index in [4.69, 9.17) is 17.0 Å². The Bertz CT molecular complexity index is 814. The second-order valence-corrected chi connectivity index (χ2v) is 16.2. The van der Waals surface area contributed by atoms with Gasteiger partial charge in [-0.25, -0.2) is 11.2 Å². The van der Waals surface area contributed by atoms with Crippen LogP contribution in [0.2, 0.25) is 0 Å². The molecule has 236 valence electrons. The van der Waals surface area contributed by atoms with Gasteiger partial charge in [-0.3, -0.25) is 9.59 Å². The van der Waals surface area contributed by atoms with E-state index in [1.54, 1.807) is 0 Å². The highest BCUT2D eigenvalue weighted by Crippen LogP contribution is 2.48. The predicted molar refractivity (Wildman–Crippen MR) is 175 cm³/mol. The lowest BCUT2D eigenvalue weighted by Gasteiger charge is -2.41. The lowest BCUT2D eigenvalue weighted by molar-refractivity contribution is -0.134. The molecule has 1 N–H and O–H groups in total. The van der Waals surface area contributed by atoms with Crippen LogP contribution in [-0.4, -0.2) is 83.9 Å². The van der Waals surface area contributed by atoms with Crippen molar-refractivity contribution in [2.75, 3.05) is 45.1 Å². The molecule has 2 rings (SSSR count). The number of amides is 2. The number of rotatable bonds is 20. The molecule has 2 atom stereocenters. The van der Waals surface area contributed by atoms with Crippen LogP contribution in [0.25, 0.3) is 4.85 Å². The van der Waals surface area contributed by atoms with E-state index in [0.29, 0.717) is 52.2 Å². The first-order valence-electron chi connectivity index (χ1n) is 16.2. The molecule has 8 nitrogen and oxygen atoms in total. The van der Waals surface area contributed by atoms with Gasteiger partial charge < -0.3 is 24.1 Å². The minimum Gasteiger partial charge on any atom is -0.356 e. The fraction of sp³-hybridized carbons (Fsp3) is 0.900. The summed E-state index contributed by atoms with van der Waals surface area (Å²) < 4.78 is 22.9. The normalized spacial score (nSPS) is 19.9. The molecule has 0 aromatic carbocycles. The monoisotopic (exact) mass is 632 g/mol. The Labute approximate surface area is 260 Å². The Morgan fingerprint density at radius 1 is 1.12 bits per heavy atom. The molecule has 0 radical (unpaired) electrons. The summed E-state index contributed by atoms with van der Waals surface area (Å²) in [7, 11) is 2.65. The molecule has 0 aromatic rings. The summed E-state index contributed by atoms with van der Waals surface area (Å²) in [6.45, 7) is 18.9. The molecule has 2 saturated heterocycles. The number of carbonyl (C=O) groups excluding carboxylic acids is 2. The number of unbranched alkanes of at least 4 members (excludes halogenated alkanes) is 3. The Morgan fingerprint density at radius 3 is 2.49 bits per heavy atom. The van der Waals surface area contributed by atoms with Gasteiger partial charge in [-0.2, -0.15) is 0 Å². The van der Waals surface area contributed by atoms with Crippen LogP contribution in [-0.2, 0) is 18.6 Å². The zero-order valence-electron chi connectivity index (χ0n) is 26.9. The number of likely N-dealkylation sites (tertiary alicyclic amines) is 1. The standard InChI is InChI=1S/C30H55N4O4PS2/c1-25(2)34(26(3)4)39(37-22-19-31-6)38-24-30(5)16-20-33(21-17-30)29(36)14-8-7-11-18-32-28(35)13-10-9-12-27-15-23-40-41-27/h25-27H,7-24H2,1-5H3,(H,32,35)/t27-,39?/m1/s1/i5T. The minimum atomic E-state index is -1.33. The van der Waals surface area contributed by atoms with Crippen LogP contribution in [0.5, 0.6) is 0 Å². The molecule has 0 saturated carbocycles. The lowest BCUT2D eigenvalue weighted by Crippen LogP contribution is -2.44. The van der Waals surface area contributed by atoms with Crippen LogP contribution in [0.4, 0.5) is 0 Å². The first-order chi connectivity index (χ1) is 20.2. The summed E-state index contributed by atoms with van der Waals surface area (Å²) in [5, 5.41) is 3.82. The van der Waals surface area contributed by atoms with Gasteiger partial charge in [-0.1, -0.05) is 41.3 Å². The third-order valence-electron chi connectivity index (χ3n) is 7.61. The quantitative estimate of drug-likeness (QED) is 0.0653. The zero-order chi connectivity index (χ0) is 30.8. The number of hydrogen-bond acceptors (Lipinski definition) is 7. The number of nitrogens with one attached hydrogen (secondary N) is 1. The van der Waals surface area contributed by atoms with Gasteiger partial charge in [0.05, 0.1) is 6.61 Å². The van der Waals surface area contributed by atoms with Crippen molar-refractivity contribution in [1.82, 2.24) is 14.9 Å². The Morgan fingerprint density at radius 2 is 1.85 bits per heavy atom. The van der Waals surface area contributed by atoms with Crippen molar-refractivity contribution in [2.24, 2.45) is 5.41 Å². The van der Waals surface area contributed by atoms with Crippen LogP contribution in [0.3, 0.4) is 0 Å². The number of hydrogen-bond donors (Lipinski definition) is 1. The van der Waals surface area contributed by atoms with Gasteiger partial charge >= 0.3 is 0 Å². The average molecular weight is 633 g/mol. The summed E-state index contributed by atoms with van der Waals surface area (Å²) in [5.74, 6) is 1.60. The maximum Gasteiger partial charge on any atom is 0.259 e. The van der Waals surface area contributed by atoms with Crippen LogP contribution in [0, 0.1) is 12.0 Å². The molecular formula is C30H55N4O4PS2.